The summed E-state index contributed by atoms with van der Waals surface area (Å²) in [7, 11) is -1.60. The predicted octanol–water partition coefficient (Wildman–Crippen LogP) is 2.22. The van der Waals surface area contributed by atoms with Gasteiger partial charge in [0.05, 0.1) is 12.2 Å². The normalized spacial score (nSPS) is 32.0. The topological polar surface area (TPSA) is 173 Å². The van der Waals surface area contributed by atoms with E-state index in [1.807, 2.05) is 44.2 Å². The third kappa shape index (κ3) is 5.70. The summed E-state index contributed by atoms with van der Waals surface area (Å²) in [6.45, 7) is 4.68. The number of piperazine rings is 1. The van der Waals surface area contributed by atoms with Crippen LogP contribution in [0.2, 0.25) is 0 Å². The second kappa shape index (κ2) is 12.4. The summed E-state index contributed by atoms with van der Waals surface area (Å²) >= 11 is 0. The van der Waals surface area contributed by atoms with E-state index in [-0.39, 0.29) is 30.2 Å². The highest BCUT2D eigenvalue weighted by atomic mass is 32.2. The highest BCUT2D eigenvalue weighted by molar-refractivity contribution is 7.85. The number of piperidine rings is 1. The number of fused-ring (bicyclic) bond motifs is 5. The summed E-state index contributed by atoms with van der Waals surface area (Å²) in [6, 6.07) is 14.5. The Kier molecular flexibility index (Phi) is 8.62. The van der Waals surface area contributed by atoms with E-state index >= 15 is 0 Å². The number of amides is 3. The van der Waals surface area contributed by atoms with Gasteiger partial charge < -0.3 is 25.2 Å². The Labute approximate surface area is 291 Å². The number of aromatic nitrogens is 1. The summed E-state index contributed by atoms with van der Waals surface area (Å²) in [5.41, 5.74) is 2.75. The van der Waals surface area contributed by atoms with E-state index < -0.39 is 51.6 Å². The van der Waals surface area contributed by atoms with Gasteiger partial charge in [0.25, 0.3) is 21.9 Å². The van der Waals surface area contributed by atoms with Gasteiger partial charge in [0, 0.05) is 54.5 Å². The Morgan fingerprint density at radius 2 is 1.86 bits per heavy atom. The van der Waals surface area contributed by atoms with Gasteiger partial charge in [-0.3, -0.25) is 28.6 Å². The lowest BCUT2D eigenvalue weighted by molar-refractivity contribution is -0.321. The number of H-pyrrole nitrogens is 1. The van der Waals surface area contributed by atoms with Crippen LogP contribution in [-0.4, -0.2) is 112 Å². The van der Waals surface area contributed by atoms with E-state index in [0.29, 0.717) is 38.6 Å². The van der Waals surface area contributed by atoms with Crippen molar-refractivity contribution in [1.82, 2.24) is 25.0 Å². The van der Waals surface area contributed by atoms with Crippen LogP contribution in [0.25, 0.3) is 10.9 Å². The first kappa shape index (κ1) is 34.6. The molecule has 3 aromatic rings. The third-order valence-corrected chi connectivity index (χ3v) is 11.2. The lowest BCUT2D eigenvalue weighted by Crippen LogP contribution is -2.71. The average Bonchev–Trinajstić information content (AvgIpc) is 3.77. The molecule has 8 rings (SSSR count). The number of hydrogen-bond acceptors (Lipinski definition) is 8. The number of rotatable bonds is 5. The zero-order valence-electron chi connectivity index (χ0n) is 28.7. The van der Waals surface area contributed by atoms with E-state index in [2.05, 4.69) is 46.6 Å². The van der Waals surface area contributed by atoms with Crippen LogP contribution in [0.15, 0.2) is 54.7 Å². The number of hydrogen-bond donors (Lipinski definition) is 4. The number of benzene rings is 2. The van der Waals surface area contributed by atoms with Crippen LogP contribution in [-0.2, 0) is 42.1 Å². The minimum Gasteiger partial charge on any atom is -0.361 e. The second-order valence-electron chi connectivity index (χ2n) is 14.8. The highest BCUT2D eigenvalue weighted by Gasteiger charge is 2.72. The quantitative estimate of drug-likeness (QED) is 0.290. The lowest BCUT2D eigenvalue weighted by atomic mass is 9.72. The maximum atomic E-state index is 14.6. The molecule has 5 aliphatic rings. The van der Waals surface area contributed by atoms with Gasteiger partial charge in [0.2, 0.25) is 17.5 Å². The number of aromatic amines is 1. The molecule has 0 bridgehead atoms. The number of ether oxygens (including phenoxy) is 1. The molecule has 5 heterocycles. The predicted molar refractivity (Wildman–Crippen MR) is 184 cm³/mol. The van der Waals surface area contributed by atoms with E-state index in [0.717, 1.165) is 17.5 Å². The largest absolute Gasteiger partial charge is 0.361 e. The number of aliphatic hydroxyl groups is 1. The number of likely N-dealkylation sites (tertiary alicyclic amines) is 1. The van der Waals surface area contributed by atoms with E-state index in [1.165, 1.54) is 21.4 Å². The van der Waals surface area contributed by atoms with E-state index in [4.69, 9.17) is 9.29 Å². The van der Waals surface area contributed by atoms with Crippen molar-refractivity contribution >= 4 is 38.7 Å². The van der Waals surface area contributed by atoms with Crippen LogP contribution in [0, 0.1) is 11.8 Å². The molecular weight excluding hydrogens is 662 g/mol. The Balaban J connectivity index is 0.000000734. The standard InChI is InChI=1S/C35H41N5O5.CH4O3S/c1-20(2)34(37-31(41)23-16-25-24-11-7-12-26-30(24)22(18-36-26)17-27(25)38(3)19-23)33(43)40-28(15-21-9-5-4-6-10-21)32(42)39-14-8-13-29(39)35(40,44)45-34;1-5(2,3)4/h4-7,9-12,18,20,23,25,27-29,36,44H,8,13-17,19H2,1-3H3,(H,37,41);1H3,(H,2,3,4)/t23-,25+,27+,28+,29-,34-,35+;/m1./s1. The summed E-state index contributed by atoms with van der Waals surface area (Å²) < 4.78 is 32.4. The van der Waals surface area contributed by atoms with Crippen LogP contribution in [0.1, 0.15) is 55.7 Å². The highest BCUT2D eigenvalue weighted by Crippen LogP contribution is 2.49. The van der Waals surface area contributed by atoms with Crippen molar-refractivity contribution in [3.05, 3.63) is 71.4 Å². The zero-order valence-corrected chi connectivity index (χ0v) is 29.5. The molecule has 14 heteroatoms. The Morgan fingerprint density at radius 1 is 1.14 bits per heavy atom. The second-order valence-corrected chi connectivity index (χ2v) is 16.2. The van der Waals surface area contributed by atoms with E-state index in [1.54, 1.807) is 4.90 Å². The van der Waals surface area contributed by atoms with Crippen LogP contribution in [0.3, 0.4) is 0 Å². The molecule has 2 aromatic carbocycles. The molecule has 0 saturated carbocycles. The summed E-state index contributed by atoms with van der Waals surface area (Å²) in [5, 5.41) is 16.6. The molecule has 50 heavy (non-hydrogen) atoms. The SMILES string of the molecule is CC(C)[C@@]1(NC(=O)[C@@H]2C[C@H]3c4cccc5[nH]cc(c45)C[C@@H]3N(C)C2)O[C@@]2(O)[C@H]3CCCN3C(=O)[C@H](Cc3ccccc3)N2C1=O.CS(=O)(=O)O. The van der Waals surface area contributed by atoms with Gasteiger partial charge in [-0.05, 0) is 55.5 Å². The molecule has 4 saturated heterocycles. The third-order valence-electron chi connectivity index (χ3n) is 11.2. The van der Waals surface area contributed by atoms with Crippen LogP contribution < -0.4 is 5.32 Å². The molecule has 1 aliphatic carbocycles. The molecule has 7 atom stereocenters. The van der Waals surface area contributed by atoms with E-state index in [9.17, 15) is 27.9 Å². The van der Waals surface area contributed by atoms with Gasteiger partial charge in [0.15, 0.2) is 0 Å². The van der Waals surface area contributed by atoms with Crippen molar-refractivity contribution < 1.29 is 37.2 Å². The molecule has 4 aliphatic heterocycles. The monoisotopic (exact) mass is 707 g/mol. The number of nitrogens with zero attached hydrogens (tertiary/aromatic N) is 3. The fraction of sp³-hybridized carbons (Fsp3) is 0.528. The zero-order chi connectivity index (χ0) is 35.7. The van der Waals surface area contributed by atoms with Gasteiger partial charge in [-0.25, -0.2) is 0 Å². The number of likely N-dealkylation sites (N-methyl/N-ethyl adjacent to an activating group) is 1. The maximum absolute atomic E-state index is 14.6. The maximum Gasteiger partial charge on any atom is 0.281 e. The summed E-state index contributed by atoms with van der Waals surface area (Å²) in [5.74, 6) is -3.80. The van der Waals surface area contributed by atoms with Gasteiger partial charge >= 0.3 is 0 Å². The molecule has 4 fully saturated rings. The first-order chi connectivity index (χ1) is 23.6. The first-order valence-electron chi connectivity index (χ1n) is 17.3. The molecule has 13 nitrogen and oxygen atoms in total. The van der Waals surface area contributed by atoms with Crippen LogP contribution in [0.5, 0.6) is 0 Å². The molecule has 0 radical (unpaired) electrons. The Bertz CT molecular complexity index is 1930. The van der Waals surface area contributed by atoms with Crippen molar-refractivity contribution in [1.29, 1.82) is 0 Å². The molecule has 4 N–H and O–H groups in total. The lowest BCUT2D eigenvalue weighted by Gasteiger charge is -2.48. The Hall–Kier alpha value is -3.82. The smallest absolute Gasteiger partial charge is 0.281 e. The van der Waals surface area contributed by atoms with Crippen molar-refractivity contribution in [3.8, 4) is 0 Å². The van der Waals surface area contributed by atoms with Crippen LogP contribution in [0.4, 0.5) is 0 Å². The van der Waals surface area contributed by atoms with Crippen molar-refractivity contribution in [2.75, 3.05) is 26.4 Å². The number of carbonyl (C=O) groups is 3. The van der Waals surface area contributed by atoms with Crippen molar-refractivity contribution in [2.24, 2.45) is 11.8 Å². The molecule has 268 valence electrons. The number of nitrogens with one attached hydrogen (secondary N) is 2. The molecular formula is C36H45N5O8S. The van der Waals surface area contributed by atoms with Gasteiger partial charge in [-0.15, -0.1) is 0 Å². The van der Waals surface area contributed by atoms with Crippen molar-refractivity contribution in [3.63, 3.8) is 0 Å². The minimum absolute atomic E-state index is 0.164. The molecule has 1 aromatic heterocycles. The Morgan fingerprint density at radius 3 is 2.56 bits per heavy atom. The fourth-order valence-corrected chi connectivity index (χ4v) is 8.99. The summed E-state index contributed by atoms with van der Waals surface area (Å²) in [4.78, 5) is 51.4. The molecule has 0 unspecified atom stereocenters. The average molecular weight is 708 g/mol. The van der Waals surface area contributed by atoms with Crippen molar-refractivity contribution in [2.45, 2.75) is 81.6 Å². The first-order valence-corrected chi connectivity index (χ1v) is 19.1. The number of carbonyl (C=O) groups excluding carboxylic acids is 3. The molecule has 0 spiro atoms. The van der Waals surface area contributed by atoms with Gasteiger partial charge in [-0.2, -0.15) is 8.42 Å². The van der Waals surface area contributed by atoms with Crippen LogP contribution >= 0.6 is 0 Å². The minimum atomic E-state index is -3.67. The van der Waals surface area contributed by atoms with Gasteiger partial charge in [-0.1, -0.05) is 56.3 Å². The van der Waals surface area contributed by atoms with Gasteiger partial charge in [0.1, 0.15) is 12.1 Å². The summed E-state index contributed by atoms with van der Waals surface area (Å²) in [6.07, 6.45) is 5.84. The fourth-order valence-electron chi connectivity index (χ4n) is 8.99. The molecule has 3 amide bonds.